The van der Waals surface area contributed by atoms with E-state index in [0.29, 0.717) is 11.6 Å². The highest BCUT2D eigenvalue weighted by atomic mass is 31.0. The summed E-state index contributed by atoms with van der Waals surface area (Å²) in [6.07, 6.45) is 6.14. The van der Waals surface area contributed by atoms with Gasteiger partial charge in [0, 0.05) is 0 Å². The lowest BCUT2D eigenvalue weighted by Gasteiger charge is -2.25. The van der Waals surface area contributed by atoms with Gasteiger partial charge in [0.2, 0.25) is 0 Å². The Bertz CT molecular complexity index is 431. The van der Waals surface area contributed by atoms with Gasteiger partial charge < -0.3 is 0 Å². The maximum Gasteiger partial charge on any atom is -0.0121 e. The monoisotopic (exact) mass is 246 g/mol. The Morgan fingerprint density at radius 2 is 2.12 bits per heavy atom. The molecule has 1 aliphatic carbocycles. The Labute approximate surface area is 108 Å². The number of fused-ring (bicyclic) bond motifs is 1. The molecule has 0 aliphatic heterocycles. The third-order valence-corrected chi connectivity index (χ3v) is 4.90. The van der Waals surface area contributed by atoms with Crippen LogP contribution in [0.4, 0.5) is 0 Å². The number of rotatable bonds is 1. The van der Waals surface area contributed by atoms with Crippen LogP contribution < -0.4 is 0 Å². The predicted molar refractivity (Wildman–Crippen MR) is 80.6 cm³/mol. The molecule has 0 spiro atoms. The van der Waals surface area contributed by atoms with Gasteiger partial charge in [0.25, 0.3) is 0 Å². The Morgan fingerprint density at radius 1 is 1.35 bits per heavy atom. The van der Waals surface area contributed by atoms with Crippen LogP contribution in [0, 0.1) is 6.92 Å². The normalized spacial score (nSPS) is 24.6. The Balaban J connectivity index is 2.52. The van der Waals surface area contributed by atoms with E-state index in [9.17, 15) is 0 Å². The Kier molecular flexibility index (Phi) is 4.05. The summed E-state index contributed by atoms with van der Waals surface area (Å²) in [7, 11) is 3.05. The molecule has 17 heavy (non-hydrogen) atoms. The molecule has 0 saturated carbocycles. The van der Waals surface area contributed by atoms with Gasteiger partial charge >= 0.3 is 0 Å². The molecule has 0 heterocycles. The van der Waals surface area contributed by atoms with E-state index in [-0.39, 0.29) is 0 Å². The van der Waals surface area contributed by atoms with Gasteiger partial charge in [-0.15, -0.1) is 9.24 Å². The second-order valence-electron chi connectivity index (χ2n) is 5.28. The predicted octanol–water partition coefficient (Wildman–Crippen LogP) is 4.93. The third kappa shape index (κ3) is 2.80. The fraction of sp³-hybridized carbons (Fsp3) is 0.500. The number of allylic oxidation sites excluding steroid dienone is 1. The van der Waals surface area contributed by atoms with E-state index in [1.165, 1.54) is 36.0 Å². The molecule has 0 saturated heterocycles. The van der Waals surface area contributed by atoms with E-state index in [1.807, 2.05) is 0 Å². The minimum Gasteiger partial charge on any atom is -0.134 e. The number of hydrogen-bond donors (Lipinski definition) is 0. The number of hydrogen-bond acceptors (Lipinski definition) is 0. The van der Waals surface area contributed by atoms with Gasteiger partial charge in [-0.05, 0) is 48.9 Å². The summed E-state index contributed by atoms with van der Waals surface area (Å²) in [5, 5.41) is 0. The highest BCUT2D eigenvalue weighted by Gasteiger charge is 2.19. The molecule has 3 atom stereocenters. The second kappa shape index (κ2) is 5.36. The standard InChI is InChI=1S/C16H23P/c1-4-13-6-8-16(17)12(3)15-9-11(2)5-7-14(15)10-13/h5,7,9-10,12,16H,4,6,8,17H2,1-3H3. The molecule has 0 aromatic heterocycles. The van der Waals surface area contributed by atoms with Crippen molar-refractivity contribution in [1.82, 2.24) is 0 Å². The van der Waals surface area contributed by atoms with Crippen LogP contribution in [0.3, 0.4) is 0 Å². The summed E-state index contributed by atoms with van der Waals surface area (Å²) in [6.45, 7) is 6.82. The second-order valence-corrected chi connectivity index (χ2v) is 6.14. The Morgan fingerprint density at radius 3 is 2.82 bits per heavy atom. The smallest absolute Gasteiger partial charge is 0.0121 e. The first kappa shape index (κ1) is 12.8. The lowest BCUT2D eigenvalue weighted by molar-refractivity contribution is 0.639. The summed E-state index contributed by atoms with van der Waals surface area (Å²) in [5.74, 6) is 0.643. The molecule has 0 nitrogen and oxygen atoms in total. The first-order chi connectivity index (χ1) is 8.11. The quantitative estimate of drug-likeness (QED) is 0.616. The molecule has 92 valence electrons. The van der Waals surface area contributed by atoms with Crippen molar-refractivity contribution < 1.29 is 0 Å². The average molecular weight is 246 g/mol. The molecule has 1 aliphatic rings. The molecule has 1 aromatic rings. The maximum absolute atomic E-state index is 3.05. The van der Waals surface area contributed by atoms with Crippen LogP contribution in [0.5, 0.6) is 0 Å². The molecule has 0 N–H and O–H groups in total. The lowest BCUT2D eigenvalue weighted by Crippen LogP contribution is -2.13. The van der Waals surface area contributed by atoms with Crippen LogP contribution in [0.15, 0.2) is 23.8 Å². The zero-order valence-corrected chi connectivity index (χ0v) is 12.3. The largest absolute Gasteiger partial charge is 0.134 e. The minimum atomic E-state index is 0.643. The topological polar surface area (TPSA) is 0 Å². The first-order valence-corrected chi connectivity index (χ1v) is 7.34. The fourth-order valence-corrected chi connectivity index (χ4v) is 3.00. The van der Waals surface area contributed by atoms with E-state index >= 15 is 0 Å². The van der Waals surface area contributed by atoms with Gasteiger partial charge in [0.05, 0.1) is 0 Å². The van der Waals surface area contributed by atoms with Crippen molar-refractivity contribution in [3.8, 4) is 0 Å². The third-order valence-electron chi connectivity index (χ3n) is 3.99. The molecule has 2 rings (SSSR count). The molecule has 1 heteroatoms. The fourth-order valence-electron chi connectivity index (χ4n) is 2.62. The SMILES string of the molecule is CCC1=Cc2ccc(C)cc2C(C)C(P)CC1. The van der Waals surface area contributed by atoms with Crippen molar-refractivity contribution in [2.45, 2.75) is 51.6 Å². The zero-order chi connectivity index (χ0) is 12.4. The van der Waals surface area contributed by atoms with Crippen LogP contribution in [-0.4, -0.2) is 5.66 Å². The number of benzene rings is 1. The van der Waals surface area contributed by atoms with E-state index in [0.717, 1.165) is 0 Å². The number of aryl methyl sites for hydroxylation is 1. The van der Waals surface area contributed by atoms with Gasteiger partial charge in [-0.3, -0.25) is 0 Å². The summed E-state index contributed by atoms with van der Waals surface area (Å²) in [5.41, 5.74) is 6.63. The average Bonchev–Trinajstić information content (AvgIpc) is 2.33. The van der Waals surface area contributed by atoms with Crippen LogP contribution in [0.2, 0.25) is 0 Å². The van der Waals surface area contributed by atoms with Gasteiger partial charge in [-0.25, -0.2) is 0 Å². The molecule has 1 aromatic carbocycles. The van der Waals surface area contributed by atoms with Gasteiger partial charge in [0.1, 0.15) is 0 Å². The van der Waals surface area contributed by atoms with Crippen molar-refractivity contribution in [3.63, 3.8) is 0 Å². The van der Waals surface area contributed by atoms with Crippen molar-refractivity contribution in [1.29, 1.82) is 0 Å². The van der Waals surface area contributed by atoms with Crippen LogP contribution >= 0.6 is 9.24 Å². The molecule has 0 radical (unpaired) electrons. The Hall–Kier alpha value is -0.610. The van der Waals surface area contributed by atoms with Crippen LogP contribution in [0.1, 0.15) is 55.7 Å². The van der Waals surface area contributed by atoms with Gasteiger partial charge in [-0.1, -0.05) is 49.3 Å². The molecule has 0 bridgehead atoms. The highest BCUT2D eigenvalue weighted by molar-refractivity contribution is 7.17. The molecular weight excluding hydrogens is 223 g/mol. The summed E-state index contributed by atoms with van der Waals surface area (Å²) >= 11 is 0. The zero-order valence-electron chi connectivity index (χ0n) is 11.2. The summed E-state index contributed by atoms with van der Waals surface area (Å²) in [6, 6.07) is 6.89. The van der Waals surface area contributed by atoms with Crippen LogP contribution in [0.25, 0.3) is 6.08 Å². The van der Waals surface area contributed by atoms with E-state index in [1.54, 1.807) is 5.57 Å². The minimum absolute atomic E-state index is 0.643. The lowest BCUT2D eigenvalue weighted by atomic mass is 9.85. The van der Waals surface area contributed by atoms with Crippen LogP contribution in [-0.2, 0) is 0 Å². The summed E-state index contributed by atoms with van der Waals surface area (Å²) < 4.78 is 0. The molecule has 0 amide bonds. The van der Waals surface area contributed by atoms with E-state index < -0.39 is 0 Å². The van der Waals surface area contributed by atoms with Crippen molar-refractivity contribution in [3.05, 3.63) is 40.5 Å². The van der Waals surface area contributed by atoms with Gasteiger partial charge in [0.15, 0.2) is 0 Å². The first-order valence-electron chi connectivity index (χ1n) is 6.67. The van der Waals surface area contributed by atoms with Crippen molar-refractivity contribution in [2.75, 3.05) is 0 Å². The van der Waals surface area contributed by atoms with E-state index in [2.05, 4.69) is 54.3 Å². The maximum atomic E-state index is 3.05. The van der Waals surface area contributed by atoms with Crippen molar-refractivity contribution >= 4 is 15.3 Å². The molecule has 0 fully saturated rings. The van der Waals surface area contributed by atoms with Gasteiger partial charge in [-0.2, -0.15) is 0 Å². The highest BCUT2D eigenvalue weighted by Crippen LogP contribution is 2.35. The van der Waals surface area contributed by atoms with E-state index in [4.69, 9.17) is 0 Å². The van der Waals surface area contributed by atoms with Crippen molar-refractivity contribution in [2.24, 2.45) is 0 Å². The molecule has 3 unspecified atom stereocenters. The summed E-state index contributed by atoms with van der Waals surface area (Å²) in [4.78, 5) is 0. The molecular formula is C16H23P.